The predicted molar refractivity (Wildman–Crippen MR) is 169 cm³/mol. The molecule has 0 amide bonds. The lowest BCUT2D eigenvalue weighted by molar-refractivity contribution is -0.0289. The molecule has 0 bridgehead atoms. The van der Waals surface area contributed by atoms with Crippen molar-refractivity contribution in [2.75, 3.05) is 84.1 Å². The van der Waals surface area contributed by atoms with Crippen LogP contribution in [0.2, 0.25) is 0 Å². The normalized spacial score (nSPS) is 14.3. The second-order valence-electron chi connectivity index (χ2n) is 10.7. The fraction of sp³-hybridized carbons (Fsp3) is 0.500. The van der Waals surface area contributed by atoms with Gasteiger partial charge in [-0.15, -0.1) is 0 Å². The molecule has 43 heavy (non-hydrogen) atoms. The maximum Gasteiger partial charge on any atom is 0.0718 e. The van der Waals surface area contributed by atoms with E-state index >= 15 is 0 Å². The number of piperidine rings is 1. The van der Waals surface area contributed by atoms with E-state index in [-0.39, 0.29) is 6.10 Å². The zero-order valence-electron chi connectivity index (χ0n) is 25.3. The summed E-state index contributed by atoms with van der Waals surface area (Å²) in [5.74, 6) is 0. The molecule has 5 rings (SSSR count). The number of fused-ring (bicyclic) bond motifs is 3. The summed E-state index contributed by atoms with van der Waals surface area (Å²) in [4.78, 5) is 6.77. The molecule has 2 aromatic heterocycles. The van der Waals surface area contributed by atoms with Crippen LogP contribution in [0.15, 0.2) is 67.0 Å². The Balaban J connectivity index is 0.823. The van der Waals surface area contributed by atoms with E-state index in [1.807, 2.05) is 30.6 Å². The second-order valence-corrected chi connectivity index (χ2v) is 10.7. The van der Waals surface area contributed by atoms with Crippen LogP contribution >= 0.6 is 0 Å². The smallest absolute Gasteiger partial charge is 0.0718 e. The highest BCUT2D eigenvalue weighted by atomic mass is 16.6. The Kier molecular flexibility index (Phi) is 12.6. The van der Waals surface area contributed by atoms with E-state index in [1.165, 1.54) is 33.1 Å². The van der Waals surface area contributed by atoms with Gasteiger partial charge in [-0.05, 0) is 36.6 Å². The zero-order chi connectivity index (χ0) is 29.5. The first-order valence-corrected chi connectivity index (χ1v) is 15.4. The Hall–Kier alpha value is -3.05. The van der Waals surface area contributed by atoms with Crippen molar-refractivity contribution in [3.8, 4) is 0 Å². The number of nitrogens with zero attached hydrogens (tertiary/aromatic N) is 3. The number of aromatic nitrogens is 2. The van der Waals surface area contributed by atoms with Crippen molar-refractivity contribution >= 4 is 27.5 Å². The molecule has 1 aliphatic heterocycles. The van der Waals surface area contributed by atoms with Gasteiger partial charge in [-0.25, -0.2) is 0 Å². The maximum absolute atomic E-state index is 6.09. The number of anilines is 1. The summed E-state index contributed by atoms with van der Waals surface area (Å²) in [5.41, 5.74) is 4.90. The third-order valence-corrected chi connectivity index (χ3v) is 7.78. The molecule has 0 unspecified atom stereocenters. The van der Waals surface area contributed by atoms with E-state index in [1.54, 1.807) is 0 Å². The highest BCUT2D eigenvalue weighted by molar-refractivity contribution is 6.08. The van der Waals surface area contributed by atoms with Gasteiger partial charge in [-0.1, -0.05) is 36.4 Å². The van der Waals surface area contributed by atoms with Crippen LogP contribution in [0.4, 0.5) is 5.69 Å². The molecule has 0 spiro atoms. The first kappa shape index (κ1) is 31.4. The van der Waals surface area contributed by atoms with Crippen molar-refractivity contribution in [2.45, 2.75) is 25.6 Å². The highest BCUT2D eigenvalue weighted by Gasteiger charge is 2.20. The number of ether oxygens (including phenoxy) is 6. The Labute approximate surface area is 254 Å². The summed E-state index contributed by atoms with van der Waals surface area (Å²) < 4.78 is 36.2. The average Bonchev–Trinajstić information content (AvgIpc) is 3.34. The predicted octanol–water partition coefficient (Wildman–Crippen LogP) is 5.00. The largest absolute Gasteiger partial charge is 0.377 e. The van der Waals surface area contributed by atoms with Crippen LogP contribution in [0.5, 0.6) is 0 Å². The lowest BCUT2D eigenvalue weighted by Gasteiger charge is -2.33. The molecule has 0 aliphatic carbocycles. The van der Waals surface area contributed by atoms with Crippen LogP contribution in [0, 0.1) is 0 Å². The monoisotopic (exact) mass is 591 g/mol. The summed E-state index contributed by atoms with van der Waals surface area (Å²) in [5, 5.41) is 2.46. The number of rotatable bonds is 19. The third-order valence-electron chi connectivity index (χ3n) is 7.78. The molecular formula is C34H45N3O6. The molecule has 4 aromatic rings. The van der Waals surface area contributed by atoms with Crippen molar-refractivity contribution in [1.82, 2.24) is 9.55 Å². The summed E-state index contributed by atoms with van der Waals surface area (Å²) >= 11 is 0. The van der Waals surface area contributed by atoms with Gasteiger partial charge in [0.25, 0.3) is 0 Å². The summed E-state index contributed by atoms with van der Waals surface area (Å²) in [6.07, 6.45) is 6.14. The van der Waals surface area contributed by atoms with Crippen LogP contribution in [-0.2, 0) is 42.1 Å². The third kappa shape index (κ3) is 9.47. The fourth-order valence-corrected chi connectivity index (χ4v) is 5.44. The highest BCUT2D eigenvalue weighted by Crippen LogP contribution is 2.31. The van der Waals surface area contributed by atoms with Gasteiger partial charge in [0.15, 0.2) is 0 Å². The van der Waals surface area contributed by atoms with Crippen LogP contribution in [0.1, 0.15) is 18.4 Å². The molecule has 0 saturated carbocycles. The summed E-state index contributed by atoms with van der Waals surface area (Å²) in [6.45, 7) is 8.22. The molecule has 0 atom stereocenters. The Morgan fingerprint density at radius 2 is 1.30 bits per heavy atom. The number of benzene rings is 2. The van der Waals surface area contributed by atoms with Gasteiger partial charge in [0.1, 0.15) is 0 Å². The SMILES string of the molecule is Cn1c2ccncc2c2ccc(N3CCC(OCCOCCOCCOCCOCCOCc4ccccc4)CC3)cc21. The minimum absolute atomic E-state index is 0.284. The summed E-state index contributed by atoms with van der Waals surface area (Å²) in [7, 11) is 2.13. The molecule has 1 fully saturated rings. The van der Waals surface area contributed by atoms with Crippen LogP contribution < -0.4 is 4.90 Å². The van der Waals surface area contributed by atoms with Gasteiger partial charge < -0.3 is 37.9 Å². The minimum Gasteiger partial charge on any atom is -0.377 e. The lowest BCUT2D eigenvalue weighted by Crippen LogP contribution is -2.37. The molecule has 3 heterocycles. The molecule has 0 N–H and O–H groups in total. The minimum atomic E-state index is 0.284. The van der Waals surface area contributed by atoms with Crippen LogP contribution in [0.3, 0.4) is 0 Å². The van der Waals surface area contributed by atoms with Gasteiger partial charge in [0, 0.05) is 49.0 Å². The Morgan fingerprint density at radius 3 is 1.98 bits per heavy atom. The van der Waals surface area contributed by atoms with Crippen molar-refractivity contribution in [1.29, 1.82) is 0 Å². The van der Waals surface area contributed by atoms with Gasteiger partial charge >= 0.3 is 0 Å². The molecule has 9 heteroatoms. The maximum atomic E-state index is 6.09. The lowest BCUT2D eigenvalue weighted by atomic mass is 10.1. The number of hydrogen-bond donors (Lipinski definition) is 0. The summed E-state index contributed by atoms with van der Waals surface area (Å²) in [6, 6.07) is 19.0. The van der Waals surface area contributed by atoms with Gasteiger partial charge in [0.05, 0.1) is 89.8 Å². The standard InChI is InChI=1S/C34H45N3O6/c1-36-33-9-12-35-26-32(33)31-8-7-29(25-34(31)36)37-13-10-30(11-14-37)43-24-23-41-20-19-39-16-15-38-17-18-40-21-22-42-27-28-5-3-2-4-6-28/h2-9,12,25-26,30H,10-11,13-24,27H2,1H3. The molecule has 1 aliphatic rings. The van der Waals surface area contributed by atoms with E-state index in [9.17, 15) is 0 Å². The average molecular weight is 592 g/mol. The van der Waals surface area contributed by atoms with E-state index in [2.05, 4.69) is 57.9 Å². The van der Waals surface area contributed by atoms with Gasteiger partial charge in [0.2, 0.25) is 0 Å². The van der Waals surface area contributed by atoms with E-state index in [0.717, 1.165) is 25.9 Å². The molecule has 9 nitrogen and oxygen atoms in total. The Bertz CT molecular complexity index is 1360. The molecule has 232 valence electrons. The number of hydrogen-bond acceptors (Lipinski definition) is 8. The van der Waals surface area contributed by atoms with Crippen molar-refractivity contribution in [3.05, 3.63) is 72.6 Å². The van der Waals surface area contributed by atoms with Crippen molar-refractivity contribution in [2.24, 2.45) is 7.05 Å². The van der Waals surface area contributed by atoms with Crippen molar-refractivity contribution in [3.63, 3.8) is 0 Å². The molecule has 1 saturated heterocycles. The zero-order valence-corrected chi connectivity index (χ0v) is 25.3. The number of pyridine rings is 1. The topological polar surface area (TPSA) is 76.4 Å². The molecular weight excluding hydrogens is 546 g/mol. The van der Waals surface area contributed by atoms with E-state index in [0.29, 0.717) is 72.7 Å². The Morgan fingerprint density at radius 1 is 0.674 bits per heavy atom. The first-order valence-electron chi connectivity index (χ1n) is 15.4. The van der Waals surface area contributed by atoms with Crippen LogP contribution in [-0.4, -0.2) is 94.8 Å². The quantitative estimate of drug-likeness (QED) is 0.141. The van der Waals surface area contributed by atoms with Gasteiger partial charge in [-0.2, -0.15) is 0 Å². The molecule has 2 aromatic carbocycles. The van der Waals surface area contributed by atoms with E-state index < -0.39 is 0 Å². The number of aryl methyl sites for hydroxylation is 1. The second kappa shape index (κ2) is 17.3. The van der Waals surface area contributed by atoms with Gasteiger partial charge in [-0.3, -0.25) is 4.98 Å². The first-order chi connectivity index (χ1) is 21.3. The molecule has 0 radical (unpaired) electrons. The van der Waals surface area contributed by atoms with Crippen molar-refractivity contribution < 1.29 is 28.4 Å². The van der Waals surface area contributed by atoms with E-state index in [4.69, 9.17) is 28.4 Å². The fourth-order valence-electron chi connectivity index (χ4n) is 5.44. The van der Waals surface area contributed by atoms with Crippen LogP contribution in [0.25, 0.3) is 21.8 Å².